The second-order valence-corrected chi connectivity index (χ2v) is 22.0. The first kappa shape index (κ1) is 80.7. The third-order valence-electron chi connectivity index (χ3n) is 14.2. The summed E-state index contributed by atoms with van der Waals surface area (Å²) in [5, 5.41) is 64.9. The first-order chi connectivity index (χ1) is 43.5. The van der Waals surface area contributed by atoms with Crippen LogP contribution < -0.4 is 104 Å². The van der Waals surface area contributed by atoms with Gasteiger partial charge in [-0.2, -0.15) is 0 Å². The maximum Gasteiger partial charge on any atom is 0.246 e. The second-order valence-electron chi connectivity index (χ2n) is 22.0. The van der Waals surface area contributed by atoms with Crippen LogP contribution in [-0.2, 0) is 57.4 Å². The van der Waals surface area contributed by atoms with Crippen LogP contribution in [0.25, 0.3) is 0 Å². The van der Waals surface area contributed by atoms with Crippen LogP contribution in [-0.4, -0.2) is 197 Å². The van der Waals surface area contributed by atoms with Crippen molar-refractivity contribution < 1.29 is 57.4 Å². The van der Waals surface area contributed by atoms with E-state index in [1.807, 2.05) is 0 Å². The summed E-state index contributed by atoms with van der Waals surface area (Å²) < 4.78 is 10.9. The van der Waals surface area contributed by atoms with Crippen LogP contribution in [0, 0.1) is 21.6 Å². The highest BCUT2D eigenvalue weighted by atomic mass is 16.5. The Balaban J connectivity index is 3.75. The smallest absolute Gasteiger partial charge is 0.246 e. The number of primary amides is 1. The minimum Gasteiger partial charge on any atom is -0.377 e. The molecule has 0 spiro atoms. The summed E-state index contributed by atoms with van der Waals surface area (Å²) in [6.07, 6.45) is 8.39. The fourth-order valence-electron chi connectivity index (χ4n) is 9.24. The van der Waals surface area contributed by atoms with Crippen LogP contribution in [0.5, 0.6) is 0 Å². The van der Waals surface area contributed by atoms with E-state index in [0.717, 1.165) is 38.5 Å². The number of carbonyl (C=O) groups is 10. The van der Waals surface area contributed by atoms with Crippen molar-refractivity contribution in [3.8, 4) is 0 Å². The zero-order valence-corrected chi connectivity index (χ0v) is 52.9. The average Bonchev–Trinajstić information content (AvgIpc) is 1.48. The zero-order chi connectivity index (χ0) is 67.8. The van der Waals surface area contributed by atoms with E-state index in [4.69, 9.17) is 65.5 Å². The van der Waals surface area contributed by atoms with Gasteiger partial charge in [0, 0.05) is 52.1 Å². The number of nitrogens with two attached hydrogens (primary N) is 6. The highest BCUT2D eigenvalue weighted by molar-refractivity contribution is 5.98. The van der Waals surface area contributed by atoms with Crippen molar-refractivity contribution in [1.29, 1.82) is 21.6 Å². The summed E-state index contributed by atoms with van der Waals surface area (Å²) in [5.74, 6) is -9.27. The molecular formula is C56H107N23O12. The van der Waals surface area contributed by atoms with Gasteiger partial charge in [-0.05, 0) is 96.4 Å². The van der Waals surface area contributed by atoms with Crippen LogP contribution in [0.1, 0.15) is 155 Å². The molecule has 10 amide bonds. The van der Waals surface area contributed by atoms with Gasteiger partial charge in [-0.1, -0.05) is 51.9 Å². The molecule has 1 saturated heterocycles. The molecule has 0 radical (unpaired) electrons. The Kier molecular flexibility index (Phi) is 43.8. The summed E-state index contributed by atoms with van der Waals surface area (Å²) in [7, 11) is 0. The Morgan fingerprint density at radius 1 is 0.407 bits per heavy atom. The Labute approximate surface area is 533 Å². The van der Waals surface area contributed by atoms with E-state index in [0.29, 0.717) is 38.8 Å². The van der Waals surface area contributed by atoms with E-state index in [9.17, 15) is 47.9 Å². The number of unbranched alkanes of at least 4 members (excludes halogenated alkanes) is 8. The SMILES string of the molecule is CCCCCCCCCCNC(=O)CC[C@@H]1NC(=O)[C@H](CCC(=O)NCCOCCOCC(=O)NC(CCCCN)C(N)=O)NC(=O)[C@@H](CCCNC(=N)N)NC(=O)[C@H](CCCNC(=N)N)NC(=O)[C@@H](CCCNC(=N)N)NC(=O)[C@H](CCCNC(=N)N)NC1=O. The van der Waals surface area contributed by atoms with Gasteiger partial charge < -0.3 is 113 Å². The molecule has 35 nitrogen and oxygen atoms in total. The molecule has 1 aliphatic heterocycles. The molecule has 1 heterocycles. The standard InChI is InChI=1S/C56H107N23O12/c1-2-3-4-5-6-7-8-11-26-67-43(80)23-21-41-51(88)77-39(19-14-29-71-55(63)64)49(86)75-37(17-12-27-69-53(59)60)47(84)74-38(18-13-28-70-54(61)62)48(85)76-40(20-15-30-72-56(65)66)50(87)78-42(52(89)79-41)22-24-44(81)68-31-32-90-33-34-91-35-45(82)73-36(46(58)83)16-9-10-25-57/h36-42H,2-35,57H2,1H3,(H2,58,83)(H,67,80)(H,68,81)(H,73,82)(H,74,84)(H,75,86)(H,76,85)(H,77,88)(H,78,87)(H,79,89)(H4,59,60,69)(H4,61,62,70)(H4,63,64,71)(H4,65,66,72)/t36?,37-,38+,39+,40-,41+,42+/m1/s1. The second kappa shape index (κ2) is 49.4. The highest BCUT2D eigenvalue weighted by Crippen LogP contribution is 2.12. The maximum absolute atomic E-state index is 14.7. The number of rotatable bonds is 45. The molecule has 0 aliphatic carbocycles. The molecule has 1 aliphatic rings. The molecule has 1 fully saturated rings. The maximum atomic E-state index is 14.7. The van der Waals surface area contributed by atoms with E-state index >= 15 is 0 Å². The van der Waals surface area contributed by atoms with Gasteiger partial charge in [0.25, 0.3) is 0 Å². The molecule has 35 heteroatoms. The van der Waals surface area contributed by atoms with E-state index in [-0.39, 0.29) is 147 Å². The molecule has 29 N–H and O–H groups in total. The minimum absolute atomic E-state index is 0.0135. The van der Waals surface area contributed by atoms with E-state index in [2.05, 4.69) is 76.0 Å². The first-order valence-corrected chi connectivity index (χ1v) is 31.6. The number of guanidine groups is 4. The summed E-state index contributed by atoms with van der Waals surface area (Å²) in [6.45, 7) is 2.76. The normalized spacial score (nSPS) is 18.6. The number of nitrogens with one attached hydrogen (secondary N) is 17. The van der Waals surface area contributed by atoms with Crippen molar-refractivity contribution in [1.82, 2.24) is 69.1 Å². The summed E-state index contributed by atoms with van der Waals surface area (Å²) >= 11 is 0. The van der Waals surface area contributed by atoms with Crippen LogP contribution in [0.15, 0.2) is 0 Å². The number of hydrogen-bond acceptors (Lipinski definition) is 17. The summed E-state index contributed by atoms with van der Waals surface area (Å²) in [4.78, 5) is 138. The van der Waals surface area contributed by atoms with Crippen molar-refractivity contribution in [3.63, 3.8) is 0 Å². The van der Waals surface area contributed by atoms with E-state index in [1.54, 1.807) is 0 Å². The van der Waals surface area contributed by atoms with Gasteiger partial charge in [0.2, 0.25) is 59.1 Å². The Morgan fingerprint density at radius 3 is 1.09 bits per heavy atom. The van der Waals surface area contributed by atoms with Gasteiger partial charge in [0.05, 0.1) is 19.8 Å². The van der Waals surface area contributed by atoms with Crippen LogP contribution >= 0.6 is 0 Å². The van der Waals surface area contributed by atoms with Gasteiger partial charge in [-0.25, -0.2) is 0 Å². The van der Waals surface area contributed by atoms with Crippen LogP contribution in [0.4, 0.5) is 0 Å². The number of carbonyl (C=O) groups excluding carboxylic acids is 10. The first-order valence-electron chi connectivity index (χ1n) is 31.6. The molecule has 7 atom stereocenters. The molecule has 0 aromatic heterocycles. The minimum atomic E-state index is -1.61. The Hall–Kier alpha value is -8.34. The van der Waals surface area contributed by atoms with Gasteiger partial charge >= 0.3 is 0 Å². The predicted molar refractivity (Wildman–Crippen MR) is 341 cm³/mol. The number of amides is 10. The number of hydrogen-bond donors (Lipinski definition) is 23. The monoisotopic (exact) mass is 1290 g/mol. The lowest BCUT2D eigenvalue weighted by atomic mass is 10.0. The lowest BCUT2D eigenvalue weighted by Crippen LogP contribution is -2.61. The molecule has 0 saturated carbocycles. The van der Waals surface area contributed by atoms with Crippen molar-refractivity contribution >= 4 is 82.9 Å². The van der Waals surface area contributed by atoms with Gasteiger partial charge in [0.15, 0.2) is 23.8 Å². The molecule has 1 rings (SSSR count). The molecule has 0 aromatic carbocycles. The van der Waals surface area contributed by atoms with Crippen molar-refractivity contribution in [2.24, 2.45) is 34.4 Å². The third kappa shape index (κ3) is 40.8. The fourth-order valence-corrected chi connectivity index (χ4v) is 9.24. The number of ether oxygens (including phenoxy) is 2. The lowest BCUT2D eigenvalue weighted by molar-refractivity contribution is -0.137. The quantitative estimate of drug-likeness (QED) is 0.0154. The molecule has 1 unspecified atom stereocenters. The van der Waals surface area contributed by atoms with Gasteiger partial charge in [-0.15, -0.1) is 0 Å². The van der Waals surface area contributed by atoms with E-state index < -0.39 is 114 Å². The molecule has 0 aromatic rings. The molecule has 0 bridgehead atoms. The van der Waals surface area contributed by atoms with Crippen molar-refractivity contribution in [3.05, 3.63) is 0 Å². The van der Waals surface area contributed by atoms with Crippen molar-refractivity contribution in [2.75, 3.05) is 72.2 Å². The largest absolute Gasteiger partial charge is 0.377 e. The molecule has 518 valence electrons. The van der Waals surface area contributed by atoms with Crippen molar-refractivity contribution in [2.45, 2.75) is 197 Å². The van der Waals surface area contributed by atoms with Crippen LogP contribution in [0.3, 0.4) is 0 Å². The van der Waals surface area contributed by atoms with Gasteiger partial charge in [-0.3, -0.25) is 69.6 Å². The topological polar surface area (TPSA) is 597 Å². The lowest BCUT2D eigenvalue weighted by Gasteiger charge is -2.29. The summed E-state index contributed by atoms with van der Waals surface area (Å²) in [5.41, 5.74) is 32.9. The highest BCUT2D eigenvalue weighted by Gasteiger charge is 2.35. The average molecular weight is 1290 g/mol. The predicted octanol–water partition coefficient (Wildman–Crippen LogP) is -4.97. The molecule has 91 heavy (non-hydrogen) atoms. The summed E-state index contributed by atoms with van der Waals surface area (Å²) in [6, 6.07) is -9.81. The Bertz CT molecular complexity index is 2300. The Morgan fingerprint density at radius 2 is 0.736 bits per heavy atom. The van der Waals surface area contributed by atoms with Gasteiger partial charge in [0.1, 0.15) is 48.9 Å². The molecular weight excluding hydrogens is 1190 g/mol. The van der Waals surface area contributed by atoms with E-state index in [1.165, 1.54) is 6.42 Å². The van der Waals surface area contributed by atoms with Crippen LogP contribution in [0.2, 0.25) is 0 Å². The third-order valence-corrected chi connectivity index (χ3v) is 14.2. The fraction of sp³-hybridized carbons (Fsp3) is 0.750. The zero-order valence-electron chi connectivity index (χ0n) is 52.9.